The SMILES string of the molecule is COC(=O)c1ncc(CN)c(C(F)F)c1Cl. The van der Waals surface area contributed by atoms with Crippen molar-refractivity contribution in [2.24, 2.45) is 5.73 Å². The number of rotatable bonds is 3. The molecule has 0 amide bonds. The minimum absolute atomic E-state index is 0.104. The van der Waals surface area contributed by atoms with Crippen LogP contribution < -0.4 is 5.73 Å². The van der Waals surface area contributed by atoms with Crippen LogP contribution in [-0.2, 0) is 11.3 Å². The van der Waals surface area contributed by atoms with E-state index in [1.807, 2.05) is 0 Å². The van der Waals surface area contributed by atoms with Gasteiger partial charge in [0.15, 0.2) is 5.69 Å². The predicted molar refractivity (Wildman–Crippen MR) is 53.4 cm³/mol. The van der Waals surface area contributed by atoms with Crippen LogP contribution in [0.25, 0.3) is 0 Å². The number of aromatic nitrogens is 1. The van der Waals surface area contributed by atoms with Crippen molar-refractivity contribution in [3.05, 3.63) is 28.0 Å². The molecule has 16 heavy (non-hydrogen) atoms. The number of alkyl halides is 2. The highest BCUT2D eigenvalue weighted by molar-refractivity contribution is 6.34. The summed E-state index contributed by atoms with van der Waals surface area (Å²) in [7, 11) is 1.11. The Bertz CT molecular complexity index is 413. The molecule has 1 heterocycles. The molecule has 0 unspecified atom stereocenters. The zero-order valence-electron chi connectivity index (χ0n) is 8.34. The summed E-state index contributed by atoms with van der Waals surface area (Å²) >= 11 is 5.66. The van der Waals surface area contributed by atoms with Crippen LogP contribution in [0.2, 0.25) is 5.02 Å². The minimum Gasteiger partial charge on any atom is -0.464 e. The minimum atomic E-state index is -2.82. The lowest BCUT2D eigenvalue weighted by Gasteiger charge is -2.11. The number of ether oxygens (including phenoxy) is 1. The van der Waals surface area contributed by atoms with Gasteiger partial charge in [-0.25, -0.2) is 18.6 Å². The molecule has 0 atom stereocenters. The summed E-state index contributed by atoms with van der Waals surface area (Å²) < 4.78 is 29.8. The average molecular weight is 251 g/mol. The molecule has 1 aromatic rings. The normalized spacial score (nSPS) is 10.6. The van der Waals surface area contributed by atoms with Crippen molar-refractivity contribution in [1.29, 1.82) is 0 Å². The van der Waals surface area contributed by atoms with Gasteiger partial charge in [-0.15, -0.1) is 0 Å². The van der Waals surface area contributed by atoms with Crippen molar-refractivity contribution in [3.8, 4) is 0 Å². The standard InChI is InChI=1S/C9H9ClF2N2O2/c1-16-9(15)7-6(10)5(8(11)12)4(2-13)3-14-7/h3,8H,2,13H2,1H3. The molecule has 88 valence electrons. The van der Waals surface area contributed by atoms with E-state index in [0.717, 1.165) is 13.3 Å². The van der Waals surface area contributed by atoms with E-state index in [9.17, 15) is 13.6 Å². The van der Waals surface area contributed by atoms with E-state index in [0.29, 0.717) is 0 Å². The summed E-state index contributed by atoms with van der Waals surface area (Å²) in [6.45, 7) is -0.131. The number of nitrogens with two attached hydrogens (primary N) is 1. The molecular weight excluding hydrogens is 242 g/mol. The number of hydrogen-bond donors (Lipinski definition) is 1. The monoisotopic (exact) mass is 250 g/mol. The van der Waals surface area contributed by atoms with Crippen LogP contribution in [0.1, 0.15) is 28.0 Å². The van der Waals surface area contributed by atoms with E-state index >= 15 is 0 Å². The van der Waals surface area contributed by atoms with Crippen molar-refractivity contribution < 1.29 is 18.3 Å². The van der Waals surface area contributed by atoms with E-state index in [4.69, 9.17) is 17.3 Å². The predicted octanol–water partition coefficient (Wildman–Crippen LogP) is 1.92. The van der Waals surface area contributed by atoms with Crippen molar-refractivity contribution in [3.63, 3.8) is 0 Å². The lowest BCUT2D eigenvalue weighted by atomic mass is 10.1. The van der Waals surface area contributed by atoms with Crippen molar-refractivity contribution in [2.45, 2.75) is 13.0 Å². The zero-order valence-corrected chi connectivity index (χ0v) is 9.09. The Balaban J connectivity index is 3.37. The number of halogens is 3. The molecule has 0 radical (unpaired) electrons. The van der Waals surface area contributed by atoms with Crippen LogP contribution in [0.3, 0.4) is 0 Å². The van der Waals surface area contributed by atoms with E-state index in [-0.39, 0.29) is 17.8 Å². The lowest BCUT2D eigenvalue weighted by molar-refractivity contribution is 0.0593. The Morgan fingerprint density at radius 3 is 2.75 bits per heavy atom. The van der Waals surface area contributed by atoms with Crippen LogP contribution in [0, 0.1) is 0 Å². The molecule has 0 spiro atoms. The fourth-order valence-corrected chi connectivity index (χ4v) is 1.50. The van der Waals surface area contributed by atoms with Crippen LogP contribution in [0.5, 0.6) is 0 Å². The second kappa shape index (κ2) is 5.18. The highest BCUT2D eigenvalue weighted by Crippen LogP contribution is 2.31. The lowest BCUT2D eigenvalue weighted by Crippen LogP contribution is -2.11. The van der Waals surface area contributed by atoms with Crippen LogP contribution in [0.4, 0.5) is 8.78 Å². The van der Waals surface area contributed by atoms with Crippen molar-refractivity contribution >= 4 is 17.6 Å². The summed E-state index contributed by atoms with van der Waals surface area (Å²) in [5, 5.41) is -0.412. The second-order valence-electron chi connectivity index (χ2n) is 2.86. The fraction of sp³-hybridized carbons (Fsp3) is 0.333. The molecule has 0 saturated heterocycles. The number of nitrogens with zero attached hydrogens (tertiary/aromatic N) is 1. The highest BCUT2D eigenvalue weighted by atomic mass is 35.5. The average Bonchev–Trinajstić information content (AvgIpc) is 2.26. The van der Waals surface area contributed by atoms with E-state index in [2.05, 4.69) is 9.72 Å². The maximum absolute atomic E-state index is 12.7. The molecule has 4 nitrogen and oxygen atoms in total. The summed E-state index contributed by atoms with van der Waals surface area (Å²) in [5.74, 6) is -0.865. The number of carbonyl (C=O) groups is 1. The first-order valence-corrected chi connectivity index (χ1v) is 4.64. The largest absolute Gasteiger partial charge is 0.464 e. The van der Waals surface area contributed by atoms with Crippen LogP contribution >= 0.6 is 11.6 Å². The molecular formula is C9H9ClF2N2O2. The number of esters is 1. The molecule has 2 N–H and O–H groups in total. The number of pyridine rings is 1. The first kappa shape index (κ1) is 12.8. The fourth-order valence-electron chi connectivity index (χ4n) is 1.17. The third-order valence-corrected chi connectivity index (χ3v) is 2.34. The van der Waals surface area contributed by atoms with Crippen LogP contribution in [-0.4, -0.2) is 18.1 Å². The molecule has 0 fully saturated rings. The van der Waals surface area contributed by atoms with Gasteiger partial charge in [-0.3, -0.25) is 0 Å². The molecule has 7 heteroatoms. The van der Waals surface area contributed by atoms with Gasteiger partial charge in [0, 0.05) is 18.3 Å². The summed E-state index contributed by atoms with van der Waals surface area (Å²) in [6, 6.07) is 0. The van der Waals surface area contributed by atoms with E-state index in [1.165, 1.54) is 0 Å². The van der Waals surface area contributed by atoms with Gasteiger partial charge in [-0.05, 0) is 5.56 Å². The third-order valence-electron chi connectivity index (χ3n) is 1.96. The molecule has 0 aliphatic rings. The Hall–Kier alpha value is -1.27. The van der Waals surface area contributed by atoms with Gasteiger partial charge in [0.2, 0.25) is 0 Å². The van der Waals surface area contributed by atoms with Gasteiger partial charge in [-0.1, -0.05) is 11.6 Å². The van der Waals surface area contributed by atoms with E-state index < -0.39 is 23.0 Å². The van der Waals surface area contributed by atoms with Gasteiger partial charge in [0.1, 0.15) is 0 Å². The third kappa shape index (κ3) is 2.28. The van der Waals surface area contributed by atoms with Crippen molar-refractivity contribution in [1.82, 2.24) is 4.98 Å². The van der Waals surface area contributed by atoms with Gasteiger partial charge in [0.25, 0.3) is 6.43 Å². The summed E-state index contributed by atoms with van der Waals surface area (Å²) in [5.41, 5.74) is 4.56. The topological polar surface area (TPSA) is 65.2 Å². The molecule has 0 aromatic carbocycles. The molecule has 0 aliphatic carbocycles. The zero-order chi connectivity index (χ0) is 12.3. The molecule has 0 bridgehead atoms. The maximum Gasteiger partial charge on any atom is 0.358 e. The summed E-state index contributed by atoms with van der Waals surface area (Å²) in [4.78, 5) is 14.8. The Morgan fingerprint density at radius 2 is 2.31 bits per heavy atom. The number of hydrogen-bond acceptors (Lipinski definition) is 4. The Kier molecular flexibility index (Phi) is 4.14. The molecule has 0 aliphatic heterocycles. The molecule has 0 saturated carbocycles. The second-order valence-corrected chi connectivity index (χ2v) is 3.23. The first-order chi connectivity index (χ1) is 7.52. The maximum atomic E-state index is 12.7. The van der Waals surface area contributed by atoms with Gasteiger partial charge in [-0.2, -0.15) is 0 Å². The van der Waals surface area contributed by atoms with Gasteiger partial charge >= 0.3 is 5.97 Å². The first-order valence-electron chi connectivity index (χ1n) is 4.26. The molecule has 1 aromatic heterocycles. The number of methoxy groups -OCH3 is 1. The summed E-state index contributed by atoms with van der Waals surface area (Å²) in [6.07, 6.45) is -1.72. The Labute approximate surface area is 95.4 Å². The Morgan fingerprint density at radius 1 is 1.69 bits per heavy atom. The van der Waals surface area contributed by atoms with Gasteiger partial charge in [0.05, 0.1) is 12.1 Å². The smallest absolute Gasteiger partial charge is 0.358 e. The quantitative estimate of drug-likeness (QED) is 0.833. The highest BCUT2D eigenvalue weighted by Gasteiger charge is 2.23. The van der Waals surface area contributed by atoms with E-state index in [1.54, 1.807) is 0 Å². The van der Waals surface area contributed by atoms with Gasteiger partial charge < -0.3 is 10.5 Å². The molecule has 1 rings (SSSR count). The number of carbonyl (C=O) groups excluding carboxylic acids is 1. The van der Waals surface area contributed by atoms with Crippen molar-refractivity contribution in [2.75, 3.05) is 7.11 Å². The van der Waals surface area contributed by atoms with Crippen LogP contribution in [0.15, 0.2) is 6.20 Å².